The highest BCUT2D eigenvalue weighted by Crippen LogP contribution is 2.35. The van der Waals surface area contributed by atoms with Gasteiger partial charge < -0.3 is 9.52 Å². The quantitative estimate of drug-likeness (QED) is 0.702. The molecule has 0 saturated heterocycles. The van der Waals surface area contributed by atoms with Crippen LogP contribution in [-0.2, 0) is 0 Å². The Hall–Kier alpha value is -2.29. The van der Waals surface area contributed by atoms with Crippen LogP contribution in [0.25, 0.3) is 22.2 Å². The summed E-state index contributed by atoms with van der Waals surface area (Å²) >= 11 is 0. The lowest BCUT2D eigenvalue weighted by atomic mass is 10.1. The van der Waals surface area contributed by atoms with E-state index in [9.17, 15) is 5.11 Å². The second-order valence-electron chi connectivity index (χ2n) is 4.34. The van der Waals surface area contributed by atoms with E-state index in [-0.39, 0.29) is 5.75 Å². The maximum absolute atomic E-state index is 10.3. The number of aryl methyl sites for hydroxylation is 2. The second-order valence-corrected chi connectivity index (χ2v) is 4.34. The van der Waals surface area contributed by atoms with Gasteiger partial charge in [0, 0.05) is 5.39 Å². The molecule has 0 atom stereocenters. The zero-order chi connectivity index (χ0) is 12.7. The number of oxazole rings is 1. The van der Waals surface area contributed by atoms with Crippen LogP contribution in [0.4, 0.5) is 0 Å². The standard InChI is InChI=1S/C15H13NO2/c1-9-10(2)18-15(16-9)13-8-7-11-5-3-4-6-12(11)14(13)17/h3-8,17H,1-2H3. The molecule has 0 amide bonds. The number of fused-ring (bicyclic) bond motifs is 1. The summed E-state index contributed by atoms with van der Waals surface area (Å²) in [6.45, 7) is 3.75. The summed E-state index contributed by atoms with van der Waals surface area (Å²) in [4.78, 5) is 4.32. The van der Waals surface area contributed by atoms with Crippen molar-refractivity contribution in [2.75, 3.05) is 0 Å². The Labute approximate surface area is 105 Å². The Balaban J connectivity index is 2.27. The van der Waals surface area contributed by atoms with E-state index in [1.54, 1.807) is 0 Å². The zero-order valence-electron chi connectivity index (χ0n) is 10.3. The van der Waals surface area contributed by atoms with Crippen molar-refractivity contribution in [2.45, 2.75) is 13.8 Å². The lowest BCUT2D eigenvalue weighted by Crippen LogP contribution is -1.82. The highest BCUT2D eigenvalue weighted by Gasteiger charge is 2.14. The number of nitrogens with zero attached hydrogens (tertiary/aromatic N) is 1. The van der Waals surface area contributed by atoms with Gasteiger partial charge >= 0.3 is 0 Å². The van der Waals surface area contributed by atoms with Crippen LogP contribution in [0.3, 0.4) is 0 Å². The molecule has 0 aliphatic carbocycles. The van der Waals surface area contributed by atoms with Crippen LogP contribution < -0.4 is 0 Å². The maximum atomic E-state index is 10.3. The number of hydrogen-bond acceptors (Lipinski definition) is 3. The molecule has 0 saturated carbocycles. The summed E-state index contributed by atoms with van der Waals surface area (Å²) in [7, 11) is 0. The summed E-state index contributed by atoms with van der Waals surface area (Å²) < 4.78 is 5.56. The Kier molecular flexibility index (Phi) is 2.33. The molecule has 18 heavy (non-hydrogen) atoms. The van der Waals surface area contributed by atoms with E-state index < -0.39 is 0 Å². The van der Waals surface area contributed by atoms with Gasteiger partial charge in [-0.25, -0.2) is 4.98 Å². The summed E-state index contributed by atoms with van der Waals surface area (Å²) in [6.07, 6.45) is 0. The van der Waals surface area contributed by atoms with E-state index in [1.165, 1.54) is 0 Å². The van der Waals surface area contributed by atoms with Crippen LogP contribution in [-0.4, -0.2) is 10.1 Å². The number of rotatable bonds is 1. The van der Waals surface area contributed by atoms with E-state index in [0.717, 1.165) is 22.2 Å². The largest absolute Gasteiger partial charge is 0.506 e. The molecule has 3 heteroatoms. The number of phenolic OH excluding ortho intramolecular Hbond substituents is 1. The van der Waals surface area contributed by atoms with Gasteiger partial charge in [-0.3, -0.25) is 0 Å². The van der Waals surface area contributed by atoms with E-state index in [0.29, 0.717) is 11.5 Å². The van der Waals surface area contributed by atoms with Gasteiger partial charge in [-0.2, -0.15) is 0 Å². The molecule has 3 rings (SSSR count). The van der Waals surface area contributed by atoms with E-state index >= 15 is 0 Å². The molecule has 0 radical (unpaired) electrons. The molecule has 0 aliphatic heterocycles. The van der Waals surface area contributed by atoms with E-state index in [4.69, 9.17) is 4.42 Å². The highest BCUT2D eigenvalue weighted by atomic mass is 16.4. The number of aromatic nitrogens is 1. The van der Waals surface area contributed by atoms with Crippen molar-refractivity contribution < 1.29 is 9.52 Å². The molecule has 90 valence electrons. The normalized spacial score (nSPS) is 11.0. The molecule has 0 aliphatic rings. The van der Waals surface area contributed by atoms with Gasteiger partial charge in [-0.15, -0.1) is 0 Å². The summed E-state index contributed by atoms with van der Waals surface area (Å²) in [6, 6.07) is 11.5. The molecule has 3 nitrogen and oxygen atoms in total. The van der Waals surface area contributed by atoms with Gasteiger partial charge in [-0.05, 0) is 25.3 Å². The summed E-state index contributed by atoms with van der Waals surface area (Å²) in [5.74, 6) is 1.46. The first-order chi connectivity index (χ1) is 8.66. The molecule has 0 unspecified atom stereocenters. The molecule has 0 spiro atoms. The van der Waals surface area contributed by atoms with Crippen molar-refractivity contribution in [1.29, 1.82) is 0 Å². The SMILES string of the molecule is Cc1nc(-c2ccc3ccccc3c2O)oc1C. The molecule has 0 bridgehead atoms. The van der Waals surface area contributed by atoms with Gasteiger partial charge in [0.2, 0.25) is 5.89 Å². The molecule has 3 aromatic rings. The van der Waals surface area contributed by atoms with Gasteiger partial charge in [0.15, 0.2) is 0 Å². The topological polar surface area (TPSA) is 46.3 Å². The lowest BCUT2D eigenvalue weighted by molar-refractivity contribution is 0.477. The molecule has 1 N–H and O–H groups in total. The van der Waals surface area contributed by atoms with Crippen molar-refractivity contribution in [1.82, 2.24) is 4.98 Å². The van der Waals surface area contributed by atoms with Crippen molar-refractivity contribution in [3.63, 3.8) is 0 Å². The summed E-state index contributed by atoms with van der Waals surface area (Å²) in [5.41, 5.74) is 1.47. The fourth-order valence-electron chi connectivity index (χ4n) is 2.02. The monoisotopic (exact) mass is 239 g/mol. The number of benzene rings is 2. The Morgan fingerprint density at radius 3 is 2.56 bits per heavy atom. The van der Waals surface area contributed by atoms with Gasteiger partial charge in [-0.1, -0.05) is 30.3 Å². The van der Waals surface area contributed by atoms with Crippen LogP contribution in [0.5, 0.6) is 5.75 Å². The average molecular weight is 239 g/mol. The van der Waals surface area contributed by atoms with E-state index in [1.807, 2.05) is 50.2 Å². The third-order valence-electron chi connectivity index (χ3n) is 3.16. The molecule has 0 fully saturated rings. The first-order valence-electron chi connectivity index (χ1n) is 5.82. The Bertz CT molecular complexity index is 709. The smallest absolute Gasteiger partial charge is 0.230 e. The number of hydrogen-bond donors (Lipinski definition) is 1. The first-order valence-corrected chi connectivity index (χ1v) is 5.82. The minimum absolute atomic E-state index is 0.217. The number of aromatic hydroxyl groups is 1. The zero-order valence-corrected chi connectivity index (χ0v) is 10.3. The minimum atomic E-state index is 0.217. The number of phenols is 1. The Morgan fingerprint density at radius 1 is 1.06 bits per heavy atom. The highest BCUT2D eigenvalue weighted by molar-refractivity contribution is 5.93. The second kappa shape index (κ2) is 3.88. The molecular weight excluding hydrogens is 226 g/mol. The maximum Gasteiger partial charge on any atom is 0.230 e. The van der Waals surface area contributed by atoms with Gasteiger partial charge in [0.1, 0.15) is 11.5 Å². The van der Waals surface area contributed by atoms with E-state index in [2.05, 4.69) is 4.98 Å². The van der Waals surface area contributed by atoms with Crippen LogP contribution in [0.15, 0.2) is 40.8 Å². The average Bonchev–Trinajstić information content (AvgIpc) is 2.70. The van der Waals surface area contributed by atoms with Crippen molar-refractivity contribution in [2.24, 2.45) is 0 Å². The lowest BCUT2D eigenvalue weighted by Gasteiger charge is -2.04. The van der Waals surface area contributed by atoms with Crippen LogP contribution in [0.2, 0.25) is 0 Å². The van der Waals surface area contributed by atoms with Crippen LogP contribution in [0, 0.1) is 13.8 Å². The molecule has 2 aromatic carbocycles. The first kappa shape index (κ1) is 10.8. The third-order valence-corrected chi connectivity index (χ3v) is 3.16. The predicted octanol–water partition coefficient (Wildman–Crippen LogP) is 3.82. The molecule has 1 heterocycles. The summed E-state index contributed by atoms with van der Waals surface area (Å²) in [5, 5.41) is 12.1. The van der Waals surface area contributed by atoms with Crippen molar-refractivity contribution >= 4 is 10.8 Å². The fourth-order valence-corrected chi connectivity index (χ4v) is 2.02. The Morgan fingerprint density at radius 2 is 1.83 bits per heavy atom. The van der Waals surface area contributed by atoms with Gasteiger partial charge in [0.05, 0.1) is 11.3 Å². The molecular formula is C15H13NO2. The minimum Gasteiger partial charge on any atom is -0.506 e. The third kappa shape index (κ3) is 1.56. The van der Waals surface area contributed by atoms with Crippen LogP contribution >= 0.6 is 0 Å². The fraction of sp³-hybridized carbons (Fsp3) is 0.133. The van der Waals surface area contributed by atoms with Crippen molar-refractivity contribution in [3.05, 3.63) is 47.9 Å². The van der Waals surface area contributed by atoms with Crippen LogP contribution in [0.1, 0.15) is 11.5 Å². The predicted molar refractivity (Wildman–Crippen MR) is 70.6 cm³/mol. The van der Waals surface area contributed by atoms with Gasteiger partial charge in [0.25, 0.3) is 0 Å². The molecule has 1 aromatic heterocycles. The van der Waals surface area contributed by atoms with Crippen molar-refractivity contribution in [3.8, 4) is 17.2 Å².